The number of nitrogens with zero attached hydrogens (tertiary/aromatic N) is 1. The van der Waals surface area contributed by atoms with Crippen LogP contribution in [0.25, 0.3) is 0 Å². The molecule has 10 heteroatoms. The monoisotopic (exact) mass is 352 g/mol. The Morgan fingerprint density at radius 2 is 1.92 bits per heavy atom. The van der Waals surface area contributed by atoms with Crippen molar-refractivity contribution >= 4 is 21.9 Å². The number of nitrogens with one attached hydrogen (secondary N) is 2. The number of nitriles is 1. The molecule has 1 rings (SSSR count). The maximum Gasteiger partial charge on any atom is 0.305 e. The van der Waals surface area contributed by atoms with Crippen molar-refractivity contribution in [1.29, 1.82) is 5.26 Å². The minimum absolute atomic E-state index is 0.0164. The van der Waals surface area contributed by atoms with E-state index in [-0.39, 0.29) is 30.0 Å². The smallest absolute Gasteiger partial charge is 0.305 e. The number of carbonyl (C=O) groups excluding carboxylic acids is 1. The summed E-state index contributed by atoms with van der Waals surface area (Å²) in [7, 11) is -3.75. The maximum absolute atomic E-state index is 11.6. The molecular weight excluding hydrogens is 336 g/mol. The summed E-state index contributed by atoms with van der Waals surface area (Å²) in [6.45, 7) is 0.167. The van der Waals surface area contributed by atoms with Gasteiger partial charge in [-0.25, -0.2) is 13.6 Å². The molecule has 0 heterocycles. The lowest BCUT2D eigenvalue weighted by molar-refractivity contribution is -0.136. The van der Waals surface area contributed by atoms with E-state index in [2.05, 4.69) is 10.6 Å². The number of sulfonamides is 1. The number of carboxylic acid groups (broad SMARTS) is 1. The fourth-order valence-electron chi connectivity index (χ4n) is 1.59. The predicted molar refractivity (Wildman–Crippen MR) is 83.6 cm³/mol. The standard InChI is InChI=1S/C14H16N4O5S/c15-7-11(14(21)18-6-5-13(19)20)9-17-8-10-1-3-12(4-2-10)24(16,22)23/h1-4,9,17H,5-6,8H2,(H,18,21)(H,19,20)(H2,16,22,23)/b11-9-. The molecule has 24 heavy (non-hydrogen) atoms. The number of amides is 1. The first-order chi connectivity index (χ1) is 11.2. The highest BCUT2D eigenvalue weighted by Gasteiger charge is 2.09. The molecule has 0 atom stereocenters. The summed E-state index contributed by atoms with van der Waals surface area (Å²) in [5.41, 5.74) is 0.503. The number of primary sulfonamides is 1. The Morgan fingerprint density at radius 1 is 1.29 bits per heavy atom. The Morgan fingerprint density at radius 3 is 2.42 bits per heavy atom. The summed E-state index contributed by atoms with van der Waals surface area (Å²) in [6.07, 6.45) is 0.956. The van der Waals surface area contributed by atoms with Crippen molar-refractivity contribution in [2.24, 2.45) is 5.14 Å². The average molecular weight is 352 g/mol. The highest BCUT2D eigenvalue weighted by molar-refractivity contribution is 7.89. The minimum Gasteiger partial charge on any atom is -0.481 e. The molecule has 0 spiro atoms. The highest BCUT2D eigenvalue weighted by atomic mass is 32.2. The number of aliphatic carboxylic acids is 1. The summed E-state index contributed by atoms with van der Waals surface area (Å²) in [6, 6.07) is 7.48. The normalized spacial score (nSPS) is 11.4. The van der Waals surface area contributed by atoms with Gasteiger partial charge in [0.15, 0.2) is 0 Å². The largest absolute Gasteiger partial charge is 0.481 e. The van der Waals surface area contributed by atoms with Crippen molar-refractivity contribution < 1.29 is 23.1 Å². The third-order valence-corrected chi connectivity index (χ3v) is 3.72. The van der Waals surface area contributed by atoms with Crippen LogP contribution in [0.4, 0.5) is 0 Å². The summed E-state index contributed by atoms with van der Waals surface area (Å²) in [5.74, 6) is -1.74. The SMILES string of the molecule is N#C/C(=C/NCc1ccc(S(N)(=O)=O)cc1)C(=O)NCCC(=O)O. The Kier molecular flexibility index (Phi) is 6.91. The van der Waals surface area contributed by atoms with Gasteiger partial charge in [0.2, 0.25) is 10.0 Å². The number of carbonyl (C=O) groups is 2. The van der Waals surface area contributed by atoms with Gasteiger partial charge < -0.3 is 15.7 Å². The van der Waals surface area contributed by atoms with Gasteiger partial charge in [-0.2, -0.15) is 5.26 Å². The summed E-state index contributed by atoms with van der Waals surface area (Å²) >= 11 is 0. The molecule has 0 aliphatic carbocycles. The fourth-order valence-corrected chi connectivity index (χ4v) is 2.11. The molecule has 0 saturated carbocycles. The molecule has 1 amide bonds. The lowest BCUT2D eigenvalue weighted by Gasteiger charge is -2.05. The molecule has 0 aliphatic heterocycles. The van der Waals surface area contributed by atoms with E-state index in [0.29, 0.717) is 5.56 Å². The van der Waals surface area contributed by atoms with Crippen LogP contribution >= 0.6 is 0 Å². The molecule has 128 valence electrons. The quantitative estimate of drug-likeness (QED) is 0.359. The van der Waals surface area contributed by atoms with Gasteiger partial charge in [-0.3, -0.25) is 9.59 Å². The molecule has 0 fully saturated rings. The second-order valence-electron chi connectivity index (χ2n) is 4.64. The molecule has 0 unspecified atom stereocenters. The zero-order chi connectivity index (χ0) is 18.2. The molecule has 0 bridgehead atoms. The lowest BCUT2D eigenvalue weighted by atomic mass is 10.2. The fraction of sp³-hybridized carbons (Fsp3) is 0.214. The Bertz CT molecular complexity index is 778. The average Bonchev–Trinajstić information content (AvgIpc) is 2.50. The minimum atomic E-state index is -3.75. The Balaban J connectivity index is 2.59. The molecule has 0 radical (unpaired) electrons. The van der Waals surface area contributed by atoms with E-state index >= 15 is 0 Å². The van der Waals surface area contributed by atoms with Gasteiger partial charge >= 0.3 is 5.97 Å². The maximum atomic E-state index is 11.6. The first-order valence-corrected chi connectivity index (χ1v) is 8.24. The molecule has 0 aromatic heterocycles. The Labute approximate surface area is 138 Å². The van der Waals surface area contributed by atoms with E-state index < -0.39 is 21.9 Å². The molecule has 5 N–H and O–H groups in total. The molecule has 0 saturated heterocycles. The van der Waals surface area contributed by atoms with Gasteiger partial charge in [-0.1, -0.05) is 12.1 Å². The van der Waals surface area contributed by atoms with E-state index in [4.69, 9.17) is 15.5 Å². The van der Waals surface area contributed by atoms with Crippen LogP contribution in [0.2, 0.25) is 0 Å². The molecule has 0 aliphatic rings. The van der Waals surface area contributed by atoms with Crippen molar-refractivity contribution in [2.45, 2.75) is 17.9 Å². The number of hydrogen-bond donors (Lipinski definition) is 4. The highest BCUT2D eigenvalue weighted by Crippen LogP contribution is 2.08. The third kappa shape index (κ3) is 6.47. The first-order valence-electron chi connectivity index (χ1n) is 6.69. The van der Waals surface area contributed by atoms with Crippen molar-refractivity contribution in [1.82, 2.24) is 10.6 Å². The van der Waals surface area contributed by atoms with Crippen molar-refractivity contribution in [3.8, 4) is 6.07 Å². The van der Waals surface area contributed by atoms with Crippen LogP contribution in [0, 0.1) is 11.3 Å². The van der Waals surface area contributed by atoms with Crippen LogP contribution in [0.15, 0.2) is 40.9 Å². The van der Waals surface area contributed by atoms with Crippen molar-refractivity contribution in [3.05, 3.63) is 41.6 Å². The van der Waals surface area contributed by atoms with Crippen molar-refractivity contribution in [2.75, 3.05) is 6.54 Å². The number of carboxylic acids is 1. The van der Waals surface area contributed by atoms with E-state index in [1.807, 2.05) is 0 Å². The zero-order valence-corrected chi connectivity index (χ0v) is 13.3. The molecule has 1 aromatic carbocycles. The van der Waals surface area contributed by atoms with E-state index in [9.17, 15) is 18.0 Å². The second kappa shape index (κ2) is 8.66. The van der Waals surface area contributed by atoms with E-state index in [1.54, 1.807) is 18.2 Å². The van der Waals surface area contributed by atoms with E-state index in [0.717, 1.165) is 0 Å². The lowest BCUT2D eigenvalue weighted by Crippen LogP contribution is -2.27. The van der Waals surface area contributed by atoms with Gasteiger partial charge in [-0.15, -0.1) is 0 Å². The number of rotatable bonds is 8. The second-order valence-corrected chi connectivity index (χ2v) is 6.20. The molecular formula is C14H16N4O5S. The zero-order valence-electron chi connectivity index (χ0n) is 12.5. The summed E-state index contributed by atoms with van der Waals surface area (Å²) in [5, 5.41) is 27.4. The van der Waals surface area contributed by atoms with Crippen LogP contribution in [-0.2, 0) is 26.2 Å². The van der Waals surface area contributed by atoms with Crippen LogP contribution in [0.5, 0.6) is 0 Å². The van der Waals surface area contributed by atoms with Gasteiger partial charge in [0, 0.05) is 19.3 Å². The number of benzene rings is 1. The molecule has 1 aromatic rings. The van der Waals surface area contributed by atoms with Crippen LogP contribution in [0.1, 0.15) is 12.0 Å². The van der Waals surface area contributed by atoms with Crippen LogP contribution < -0.4 is 15.8 Å². The van der Waals surface area contributed by atoms with Crippen molar-refractivity contribution in [3.63, 3.8) is 0 Å². The van der Waals surface area contributed by atoms with Gasteiger partial charge in [0.25, 0.3) is 5.91 Å². The van der Waals surface area contributed by atoms with Gasteiger partial charge in [-0.05, 0) is 17.7 Å². The third-order valence-electron chi connectivity index (χ3n) is 2.79. The summed E-state index contributed by atoms with van der Waals surface area (Å²) in [4.78, 5) is 22.0. The van der Waals surface area contributed by atoms with Crippen LogP contribution in [0.3, 0.4) is 0 Å². The number of hydrogen-bond acceptors (Lipinski definition) is 6. The van der Waals surface area contributed by atoms with Gasteiger partial charge in [0.05, 0.1) is 11.3 Å². The van der Waals surface area contributed by atoms with Crippen LogP contribution in [-0.4, -0.2) is 31.9 Å². The van der Waals surface area contributed by atoms with E-state index in [1.165, 1.54) is 18.3 Å². The topological polar surface area (TPSA) is 162 Å². The number of nitrogens with two attached hydrogens (primary N) is 1. The Hall–Kier alpha value is -2.90. The first kappa shape index (κ1) is 19.1. The summed E-state index contributed by atoms with van der Waals surface area (Å²) < 4.78 is 22.3. The predicted octanol–water partition coefficient (Wildman–Crippen LogP) is -0.578. The molecule has 9 nitrogen and oxygen atoms in total. The van der Waals surface area contributed by atoms with Gasteiger partial charge in [0.1, 0.15) is 11.6 Å².